The van der Waals surface area contributed by atoms with E-state index in [-0.39, 0.29) is 30.8 Å². The van der Waals surface area contributed by atoms with Gasteiger partial charge in [-0.2, -0.15) is 0 Å². The summed E-state index contributed by atoms with van der Waals surface area (Å²) >= 11 is 0. The van der Waals surface area contributed by atoms with Crippen LogP contribution in [0, 0.1) is 32.6 Å². The van der Waals surface area contributed by atoms with E-state index in [2.05, 4.69) is 0 Å². The number of benzene rings is 1. The highest BCUT2D eigenvalue weighted by Crippen LogP contribution is 2.32. The van der Waals surface area contributed by atoms with Crippen LogP contribution in [0.2, 0.25) is 0 Å². The number of rotatable bonds is 4. The minimum Gasteiger partial charge on any atom is -0.481 e. The van der Waals surface area contributed by atoms with Crippen LogP contribution in [0.3, 0.4) is 0 Å². The van der Waals surface area contributed by atoms with Crippen molar-refractivity contribution in [2.24, 2.45) is 11.8 Å². The van der Waals surface area contributed by atoms with Crippen LogP contribution in [0.4, 0.5) is 0 Å². The quantitative estimate of drug-likeness (QED) is 0.923. The second-order valence-corrected chi connectivity index (χ2v) is 6.02. The number of carbonyl (C=O) groups is 3. The van der Waals surface area contributed by atoms with Gasteiger partial charge in [0, 0.05) is 25.2 Å². The van der Waals surface area contributed by atoms with Gasteiger partial charge in [-0.05, 0) is 37.5 Å². The van der Waals surface area contributed by atoms with Gasteiger partial charge in [-0.25, -0.2) is 0 Å². The van der Waals surface area contributed by atoms with Crippen molar-refractivity contribution in [2.75, 3.05) is 0 Å². The summed E-state index contributed by atoms with van der Waals surface area (Å²) in [5.74, 6) is -2.83. The van der Waals surface area contributed by atoms with Crippen molar-refractivity contribution >= 4 is 17.5 Å². The van der Waals surface area contributed by atoms with E-state index in [1.165, 1.54) is 0 Å². The number of hydrogen-bond acceptors (Lipinski definition) is 3. The lowest BCUT2D eigenvalue weighted by Crippen LogP contribution is -2.26. The topological polar surface area (TPSA) is 71.4 Å². The van der Waals surface area contributed by atoms with E-state index in [0.29, 0.717) is 0 Å². The fourth-order valence-corrected chi connectivity index (χ4v) is 3.25. The summed E-state index contributed by atoms with van der Waals surface area (Å²) in [5.41, 5.74) is 4.17. The summed E-state index contributed by atoms with van der Waals surface area (Å²) < 4.78 is 0. The van der Waals surface area contributed by atoms with Gasteiger partial charge in [0.2, 0.25) is 0 Å². The molecule has 4 nitrogen and oxygen atoms in total. The minimum atomic E-state index is -1.04. The van der Waals surface area contributed by atoms with E-state index in [9.17, 15) is 14.4 Å². The Hall–Kier alpha value is -1.97. The number of carboxylic acid groups (broad SMARTS) is 1. The highest BCUT2D eigenvalue weighted by molar-refractivity contribution is 5.97. The highest BCUT2D eigenvalue weighted by atomic mass is 16.4. The van der Waals surface area contributed by atoms with Gasteiger partial charge in [0.1, 0.15) is 11.6 Å². The van der Waals surface area contributed by atoms with E-state index in [1.54, 1.807) is 0 Å². The second kappa shape index (κ2) is 5.80. The third kappa shape index (κ3) is 3.20. The molecule has 0 spiro atoms. The van der Waals surface area contributed by atoms with Crippen LogP contribution in [0.25, 0.3) is 0 Å². The lowest BCUT2D eigenvalue weighted by atomic mass is 9.86. The molecule has 21 heavy (non-hydrogen) atoms. The van der Waals surface area contributed by atoms with Gasteiger partial charge >= 0.3 is 5.97 Å². The lowest BCUT2D eigenvalue weighted by Gasteiger charge is -2.16. The Morgan fingerprint density at radius 1 is 1.10 bits per heavy atom. The zero-order chi connectivity index (χ0) is 15.7. The molecule has 2 atom stereocenters. The zero-order valence-corrected chi connectivity index (χ0v) is 12.6. The molecule has 0 amide bonds. The van der Waals surface area contributed by atoms with E-state index in [4.69, 9.17) is 5.11 Å². The average molecular weight is 288 g/mol. The molecule has 1 N–H and O–H groups in total. The molecule has 0 radical (unpaired) electrons. The van der Waals surface area contributed by atoms with Crippen molar-refractivity contribution < 1.29 is 19.5 Å². The largest absolute Gasteiger partial charge is 0.481 e. The molecule has 1 aromatic rings. The molecule has 4 heteroatoms. The van der Waals surface area contributed by atoms with Crippen molar-refractivity contribution in [3.05, 3.63) is 34.4 Å². The first-order chi connectivity index (χ1) is 9.79. The number of ketones is 2. The van der Waals surface area contributed by atoms with Gasteiger partial charge in [0.15, 0.2) is 0 Å². The fourth-order valence-electron chi connectivity index (χ4n) is 3.25. The van der Waals surface area contributed by atoms with E-state index < -0.39 is 17.8 Å². The van der Waals surface area contributed by atoms with Crippen LogP contribution in [0.15, 0.2) is 12.1 Å². The summed E-state index contributed by atoms with van der Waals surface area (Å²) in [6.07, 6.45) is 0.261. The molecule has 1 aromatic carbocycles. The molecule has 0 aliphatic heterocycles. The molecule has 1 aliphatic rings. The van der Waals surface area contributed by atoms with E-state index in [1.807, 2.05) is 32.9 Å². The fraction of sp³-hybridized carbons (Fsp3) is 0.471. The molecule has 0 aromatic heterocycles. The van der Waals surface area contributed by atoms with Gasteiger partial charge in [0.05, 0.1) is 5.92 Å². The molecule has 1 fully saturated rings. The van der Waals surface area contributed by atoms with E-state index >= 15 is 0 Å². The zero-order valence-electron chi connectivity index (χ0n) is 12.6. The van der Waals surface area contributed by atoms with Gasteiger partial charge < -0.3 is 5.11 Å². The van der Waals surface area contributed by atoms with Crippen LogP contribution < -0.4 is 0 Å². The number of aryl methyl sites for hydroxylation is 3. The van der Waals surface area contributed by atoms with E-state index in [0.717, 1.165) is 22.3 Å². The van der Waals surface area contributed by atoms with Crippen molar-refractivity contribution in [1.82, 2.24) is 0 Å². The first kappa shape index (κ1) is 15.4. The molecule has 1 saturated carbocycles. The molecule has 2 rings (SSSR count). The maximum absolute atomic E-state index is 12.4. The van der Waals surface area contributed by atoms with Crippen molar-refractivity contribution in [1.29, 1.82) is 0 Å². The van der Waals surface area contributed by atoms with Crippen LogP contribution in [0.1, 0.15) is 35.1 Å². The van der Waals surface area contributed by atoms with Crippen molar-refractivity contribution in [3.8, 4) is 0 Å². The molecular formula is C17H20O4. The normalized spacial score (nSPS) is 21.6. The third-order valence-electron chi connectivity index (χ3n) is 4.30. The Kier molecular flexibility index (Phi) is 4.26. The van der Waals surface area contributed by atoms with Crippen molar-refractivity contribution in [2.45, 2.75) is 40.0 Å². The number of aliphatic carboxylic acids is 1. The predicted octanol–water partition coefficient (Wildman–Crippen LogP) is 2.40. The SMILES string of the molecule is Cc1cc(C)c(CC(=O)C2CC(=O)CC2C(=O)O)c(C)c1. The summed E-state index contributed by atoms with van der Waals surface area (Å²) in [6, 6.07) is 4.04. The maximum Gasteiger partial charge on any atom is 0.307 e. The second-order valence-electron chi connectivity index (χ2n) is 6.02. The lowest BCUT2D eigenvalue weighted by molar-refractivity contribution is -0.145. The number of carboxylic acids is 1. The van der Waals surface area contributed by atoms with Gasteiger partial charge in [-0.3, -0.25) is 14.4 Å². The van der Waals surface area contributed by atoms with Crippen LogP contribution in [-0.4, -0.2) is 22.6 Å². The standard InChI is InChI=1S/C17H20O4/c1-9-4-10(2)13(11(3)5-9)8-16(19)14-6-12(18)7-15(14)17(20)21/h4-5,14-15H,6-8H2,1-3H3,(H,20,21). The number of carbonyl (C=O) groups excluding carboxylic acids is 2. The van der Waals surface area contributed by atoms with Gasteiger partial charge in [-0.1, -0.05) is 17.7 Å². The molecule has 112 valence electrons. The van der Waals surface area contributed by atoms with Gasteiger partial charge in [-0.15, -0.1) is 0 Å². The van der Waals surface area contributed by atoms with Crippen LogP contribution in [0.5, 0.6) is 0 Å². The highest BCUT2D eigenvalue weighted by Gasteiger charge is 2.41. The third-order valence-corrected chi connectivity index (χ3v) is 4.30. The monoisotopic (exact) mass is 288 g/mol. The smallest absolute Gasteiger partial charge is 0.307 e. The Balaban J connectivity index is 2.22. The first-order valence-corrected chi connectivity index (χ1v) is 7.13. The molecule has 0 bridgehead atoms. The molecule has 0 saturated heterocycles. The summed E-state index contributed by atoms with van der Waals surface area (Å²) in [6.45, 7) is 5.91. The summed E-state index contributed by atoms with van der Waals surface area (Å²) in [4.78, 5) is 35.1. The first-order valence-electron chi connectivity index (χ1n) is 7.13. The summed E-state index contributed by atoms with van der Waals surface area (Å²) in [5, 5.41) is 9.16. The molecule has 2 unspecified atom stereocenters. The maximum atomic E-state index is 12.4. The van der Waals surface area contributed by atoms with Gasteiger partial charge in [0.25, 0.3) is 0 Å². The minimum absolute atomic E-state index is 0.0163. The Morgan fingerprint density at radius 3 is 2.14 bits per heavy atom. The predicted molar refractivity (Wildman–Crippen MR) is 78.2 cm³/mol. The van der Waals surface area contributed by atoms with Crippen LogP contribution in [-0.2, 0) is 20.8 Å². The Morgan fingerprint density at radius 2 is 1.62 bits per heavy atom. The molecule has 0 heterocycles. The molecule has 1 aliphatic carbocycles. The number of hydrogen-bond donors (Lipinski definition) is 1. The molecular weight excluding hydrogens is 268 g/mol. The number of Topliss-reactive ketones (excluding diaryl/α,β-unsaturated/α-hetero) is 2. The summed E-state index contributed by atoms with van der Waals surface area (Å²) in [7, 11) is 0. The average Bonchev–Trinajstić information content (AvgIpc) is 2.76. The van der Waals surface area contributed by atoms with Crippen LogP contribution >= 0.6 is 0 Å². The van der Waals surface area contributed by atoms with Crippen molar-refractivity contribution in [3.63, 3.8) is 0 Å². The Bertz CT molecular complexity index is 592. The Labute approximate surface area is 124 Å².